The molecule has 0 unspecified atom stereocenters. The number of rotatable bonds is 3. The van der Waals surface area contributed by atoms with Crippen LogP contribution in [-0.2, 0) is 0 Å². The van der Waals surface area contributed by atoms with E-state index in [1.165, 1.54) is 10.9 Å². The largest absolute Gasteiger partial charge is 0.389 e. The zero-order valence-electron chi connectivity index (χ0n) is 10.5. The van der Waals surface area contributed by atoms with Crippen molar-refractivity contribution in [2.45, 2.75) is 13.8 Å². The normalized spacial score (nSPS) is 10.4. The Morgan fingerprint density at radius 1 is 1.37 bits per heavy atom. The van der Waals surface area contributed by atoms with Crippen LogP contribution in [0.3, 0.4) is 0 Å². The number of pyridine rings is 1. The lowest BCUT2D eigenvalue weighted by Gasteiger charge is -2.11. The molecule has 0 aliphatic rings. The number of aryl methyl sites for hydroxylation is 2. The van der Waals surface area contributed by atoms with E-state index in [9.17, 15) is 4.79 Å². The Hall–Kier alpha value is -2.28. The highest BCUT2D eigenvalue weighted by Gasteiger charge is 2.14. The lowest BCUT2D eigenvalue weighted by molar-refractivity contribution is 0.100. The molecular formula is C12H13N5OS. The Morgan fingerprint density at radius 2 is 2.05 bits per heavy atom. The van der Waals surface area contributed by atoms with Crippen molar-refractivity contribution in [3.8, 4) is 5.69 Å². The van der Waals surface area contributed by atoms with Crippen LogP contribution in [0.1, 0.15) is 27.3 Å². The van der Waals surface area contributed by atoms with E-state index in [0.29, 0.717) is 16.8 Å². The fourth-order valence-electron chi connectivity index (χ4n) is 1.88. The number of thiocarbonyl (C=S) groups is 1. The summed E-state index contributed by atoms with van der Waals surface area (Å²) in [6.07, 6.45) is 2.94. The SMILES string of the molecule is Cc1cc(-n2cc(C(N)=O)cn2)c(C(N)=S)c(C)n1. The lowest BCUT2D eigenvalue weighted by atomic mass is 10.1. The molecule has 0 aromatic carbocycles. The van der Waals surface area contributed by atoms with E-state index in [1.807, 2.05) is 13.8 Å². The number of hydrogen-bond acceptors (Lipinski definition) is 4. The molecule has 4 N–H and O–H groups in total. The predicted octanol–water partition coefficient (Wildman–Crippen LogP) is 0.617. The smallest absolute Gasteiger partial charge is 0.251 e. The summed E-state index contributed by atoms with van der Waals surface area (Å²) in [4.78, 5) is 15.7. The second-order valence-electron chi connectivity index (χ2n) is 4.15. The van der Waals surface area contributed by atoms with Gasteiger partial charge in [0.1, 0.15) is 4.99 Å². The van der Waals surface area contributed by atoms with Gasteiger partial charge >= 0.3 is 0 Å². The van der Waals surface area contributed by atoms with Gasteiger partial charge < -0.3 is 11.5 Å². The first-order chi connectivity index (χ1) is 8.90. The molecule has 0 aliphatic heterocycles. The maximum atomic E-state index is 11.1. The van der Waals surface area contributed by atoms with E-state index < -0.39 is 5.91 Å². The monoisotopic (exact) mass is 275 g/mol. The van der Waals surface area contributed by atoms with Gasteiger partial charge in [-0.2, -0.15) is 5.10 Å². The first-order valence-electron chi connectivity index (χ1n) is 5.53. The van der Waals surface area contributed by atoms with Gasteiger partial charge in [0, 0.05) is 17.6 Å². The van der Waals surface area contributed by atoms with E-state index >= 15 is 0 Å². The number of primary amides is 1. The van der Waals surface area contributed by atoms with Crippen molar-refractivity contribution >= 4 is 23.1 Å². The Balaban J connectivity index is 2.66. The van der Waals surface area contributed by atoms with Crippen molar-refractivity contribution < 1.29 is 4.79 Å². The molecule has 0 aliphatic carbocycles. The number of amides is 1. The third-order valence-electron chi connectivity index (χ3n) is 2.67. The zero-order valence-corrected chi connectivity index (χ0v) is 11.4. The van der Waals surface area contributed by atoms with Crippen molar-refractivity contribution in [3.05, 3.63) is 41.0 Å². The van der Waals surface area contributed by atoms with Gasteiger partial charge in [-0.3, -0.25) is 9.78 Å². The zero-order chi connectivity index (χ0) is 14.2. The van der Waals surface area contributed by atoms with Crippen LogP contribution >= 0.6 is 12.2 Å². The maximum absolute atomic E-state index is 11.1. The molecule has 2 rings (SSSR count). The molecule has 19 heavy (non-hydrogen) atoms. The molecule has 1 amide bonds. The van der Waals surface area contributed by atoms with Crippen molar-refractivity contribution in [3.63, 3.8) is 0 Å². The van der Waals surface area contributed by atoms with Gasteiger partial charge in [0.05, 0.1) is 23.0 Å². The van der Waals surface area contributed by atoms with E-state index in [2.05, 4.69) is 10.1 Å². The Labute approximate surface area is 115 Å². The topological polar surface area (TPSA) is 99.8 Å². The van der Waals surface area contributed by atoms with Crippen LogP contribution in [0.4, 0.5) is 0 Å². The second kappa shape index (κ2) is 4.77. The summed E-state index contributed by atoms with van der Waals surface area (Å²) < 4.78 is 1.52. The summed E-state index contributed by atoms with van der Waals surface area (Å²) in [5, 5.41) is 4.11. The Bertz CT molecular complexity index is 677. The van der Waals surface area contributed by atoms with E-state index in [-0.39, 0.29) is 4.99 Å². The summed E-state index contributed by atoms with van der Waals surface area (Å²) in [6.45, 7) is 3.68. The molecule has 0 saturated heterocycles. The van der Waals surface area contributed by atoms with Crippen molar-refractivity contribution in [2.24, 2.45) is 11.5 Å². The van der Waals surface area contributed by atoms with Crippen LogP contribution in [0, 0.1) is 13.8 Å². The van der Waals surface area contributed by atoms with Gasteiger partial charge in [-0.1, -0.05) is 12.2 Å². The molecule has 6 nitrogen and oxygen atoms in total. The van der Waals surface area contributed by atoms with Gasteiger partial charge in [-0.25, -0.2) is 4.68 Å². The van der Waals surface area contributed by atoms with Crippen LogP contribution < -0.4 is 11.5 Å². The minimum atomic E-state index is -0.536. The van der Waals surface area contributed by atoms with Crippen molar-refractivity contribution in [2.75, 3.05) is 0 Å². The molecule has 7 heteroatoms. The van der Waals surface area contributed by atoms with Crippen LogP contribution in [-0.4, -0.2) is 25.7 Å². The summed E-state index contributed by atoms with van der Waals surface area (Å²) in [7, 11) is 0. The quantitative estimate of drug-likeness (QED) is 0.800. The molecule has 2 heterocycles. The van der Waals surface area contributed by atoms with Gasteiger partial charge in [0.2, 0.25) is 0 Å². The highest BCUT2D eigenvalue weighted by atomic mass is 32.1. The lowest BCUT2D eigenvalue weighted by Crippen LogP contribution is -2.17. The average Bonchev–Trinajstić information content (AvgIpc) is 2.76. The molecule has 98 valence electrons. The number of hydrogen-bond donors (Lipinski definition) is 2. The second-order valence-corrected chi connectivity index (χ2v) is 4.59. The van der Waals surface area contributed by atoms with E-state index in [0.717, 1.165) is 11.4 Å². The number of nitrogens with zero attached hydrogens (tertiary/aromatic N) is 3. The van der Waals surface area contributed by atoms with E-state index in [4.69, 9.17) is 23.7 Å². The Morgan fingerprint density at radius 3 is 2.58 bits per heavy atom. The summed E-state index contributed by atoms with van der Waals surface area (Å²) in [6, 6.07) is 1.80. The van der Waals surface area contributed by atoms with Gasteiger partial charge in [0.15, 0.2) is 0 Å². The van der Waals surface area contributed by atoms with Gasteiger partial charge in [-0.15, -0.1) is 0 Å². The van der Waals surface area contributed by atoms with Crippen LogP contribution in [0.5, 0.6) is 0 Å². The molecule has 0 bridgehead atoms. The number of carbonyl (C=O) groups is 1. The average molecular weight is 275 g/mol. The fraction of sp³-hybridized carbons (Fsp3) is 0.167. The van der Waals surface area contributed by atoms with Crippen LogP contribution in [0.2, 0.25) is 0 Å². The van der Waals surface area contributed by atoms with E-state index in [1.54, 1.807) is 12.3 Å². The summed E-state index contributed by atoms with van der Waals surface area (Å²) in [5.74, 6) is -0.536. The minimum Gasteiger partial charge on any atom is -0.389 e. The van der Waals surface area contributed by atoms with Crippen LogP contribution in [0.25, 0.3) is 5.69 Å². The highest BCUT2D eigenvalue weighted by molar-refractivity contribution is 7.80. The third-order valence-corrected chi connectivity index (χ3v) is 2.87. The third kappa shape index (κ3) is 2.45. The molecule has 0 spiro atoms. The summed E-state index contributed by atoms with van der Waals surface area (Å²) >= 11 is 5.04. The van der Waals surface area contributed by atoms with Crippen molar-refractivity contribution in [1.29, 1.82) is 0 Å². The van der Waals surface area contributed by atoms with Crippen LogP contribution in [0.15, 0.2) is 18.5 Å². The number of aromatic nitrogens is 3. The Kier molecular flexibility index (Phi) is 3.30. The molecule has 2 aromatic rings. The molecule has 0 saturated carbocycles. The highest BCUT2D eigenvalue weighted by Crippen LogP contribution is 2.18. The predicted molar refractivity (Wildman–Crippen MR) is 75.2 cm³/mol. The standard InChI is InChI=1S/C12H13N5OS/c1-6-3-9(10(12(14)19)7(2)16-6)17-5-8(4-15-17)11(13)18/h3-5H,1-2H3,(H2,13,18)(H2,14,19). The fourth-order valence-corrected chi connectivity index (χ4v) is 2.13. The van der Waals surface area contributed by atoms with Gasteiger partial charge in [0.25, 0.3) is 5.91 Å². The molecule has 0 fully saturated rings. The summed E-state index contributed by atoms with van der Waals surface area (Å²) in [5.41, 5.74) is 14.1. The first-order valence-corrected chi connectivity index (χ1v) is 5.94. The molecule has 2 aromatic heterocycles. The number of nitrogens with two attached hydrogens (primary N) is 2. The first kappa shape index (κ1) is 13.2. The molecule has 0 radical (unpaired) electrons. The van der Waals surface area contributed by atoms with Gasteiger partial charge in [-0.05, 0) is 19.9 Å². The maximum Gasteiger partial charge on any atom is 0.251 e. The molecular weight excluding hydrogens is 262 g/mol. The number of carbonyl (C=O) groups excluding carboxylic acids is 1. The minimum absolute atomic E-state index is 0.233. The molecule has 0 atom stereocenters. The van der Waals surface area contributed by atoms with Crippen molar-refractivity contribution in [1.82, 2.24) is 14.8 Å².